The van der Waals surface area contributed by atoms with Crippen LogP contribution in [-0.2, 0) is 14.6 Å². The Hall–Kier alpha value is 0.830. The van der Waals surface area contributed by atoms with Crippen LogP contribution >= 0.6 is 0 Å². The molecule has 0 unspecified atom stereocenters. The van der Waals surface area contributed by atoms with Gasteiger partial charge < -0.3 is 10.7 Å². The zero-order chi connectivity index (χ0) is 11.6. The minimum atomic E-state index is -4.48. The molecule has 0 saturated heterocycles. The van der Waals surface area contributed by atoms with Crippen molar-refractivity contribution in [3.8, 4) is 0 Å². The normalized spacial score (nSPS) is 10.5. The SMILES string of the molecule is CCCCCCCCCCOS(=O)(=O)[O-].[NH4+].[Na]. The van der Waals surface area contributed by atoms with Gasteiger partial charge in [0, 0.05) is 29.6 Å². The Balaban J connectivity index is -0.000000980. The van der Waals surface area contributed by atoms with Crippen molar-refractivity contribution in [3.63, 3.8) is 0 Å². The van der Waals surface area contributed by atoms with Crippen LogP contribution in [0.1, 0.15) is 58.3 Å². The van der Waals surface area contributed by atoms with Crippen molar-refractivity contribution in [1.29, 1.82) is 0 Å². The molecule has 0 saturated carbocycles. The molecule has 7 heteroatoms. The molecule has 0 aromatic rings. The van der Waals surface area contributed by atoms with E-state index in [4.69, 9.17) is 0 Å². The largest absolute Gasteiger partial charge is 0.726 e. The molecule has 0 rings (SSSR count). The summed E-state index contributed by atoms with van der Waals surface area (Å²) in [6.07, 6.45) is 8.91. The zero-order valence-electron chi connectivity index (χ0n) is 11.4. The Morgan fingerprint density at radius 1 is 0.941 bits per heavy atom. The molecule has 1 radical (unpaired) electrons. The van der Waals surface area contributed by atoms with Gasteiger partial charge in [-0.15, -0.1) is 0 Å². The van der Waals surface area contributed by atoms with Crippen molar-refractivity contribution < 1.29 is 17.2 Å². The molecule has 0 atom stereocenters. The molecule has 0 bridgehead atoms. The second-order valence-electron chi connectivity index (χ2n) is 3.71. The third kappa shape index (κ3) is 22.5. The Morgan fingerprint density at radius 2 is 1.35 bits per heavy atom. The smallest absolute Gasteiger partial charge is 0.217 e. The Kier molecular flexibility index (Phi) is 20.1. The molecule has 101 valence electrons. The van der Waals surface area contributed by atoms with Gasteiger partial charge in [0.1, 0.15) is 0 Å². The molecule has 0 aromatic heterocycles. The molecular weight excluding hydrogens is 253 g/mol. The molecule has 0 aromatic carbocycles. The summed E-state index contributed by atoms with van der Waals surface area (Å²) in [6.45, 7) is 2.21. The van der Waals surface area contributed by atoms with Gasteiger partial charge in [-0.1, -0.05) is 51.9 Å². The summed E-state index contributed by atoms with van der Waals surface area (Å²) in [6, 6.07) is 0. The van der Waals surface area contributed by atoms with E-state index in [1.165, 1.54) is 32.1 Å². The fourth-order valence-electron chi connectivity index (χ4n) is 1.40. The average molecular weight is 278 g/mol. The standard InChI is InChI=1S/C10H22O4S.H3N.Na/c1-2-3-4-5-6-7-8-9-10-14-15(11,12)13;;/h2-10H2,1H3,(H,11,12,13);1H3;. The van der Waals surface area contributed by atoms with Gasteiger partial charge >= 0.3 is 0 Å². The van der Waals surface area contributed by atoms with Crippen molar-refractivity contribution in [2.45, 2.75) is 58.3 Å². The van der Waals surface area contributed by atoms with Crippen LogP contribution in [0.25, 0.3) is 0 Å². The monoisotopic (exact) mass is 278 g/mol. The molecule has 17 heavy (non-hydrogen) atoms. The maximum atomic E-state index is 10.1. The molecule has 4 N–H and O–H groups in total. The van der Waals surface area contributed by atoms with Crippen molar-refractivity contribution in [2.75, 3.05) is 6.61 Å². The van der Waals surface area contributed by atoms with Crippen LogP contribution in [0.3, 0.4) is 0 Å². The number of quaternary nitrogens is 1. The fourth-order valence-corrected chi connectivity index (χ4v) is 1.72. The van der Waals surface area contributed by atoms with Gasteiger partial charge in [0.2, 0.25) is 10.4 Å². The molecule has 0 aliphatic carbocycles. The van der Waals surface area contributed by atoms with Gasteiger partial charge in [0.15, 0.2) is 0 Å². The second-order valence-corrected chi connectivity index (χ2v) is 4.76. The predicted molar refractivity (Wildman–Crippen MR) is 70.0 cm³/mol. The predicted octanol–water partition coefficient (Wildman–Crippen LogP) is 2.60. The second kappa shape index (κ2) is 14.9. The minimum Gasteiger partial charge on any atom is -0.726 e. The van der Waals surface area contributed by atoms with E-state index in [2.05, 4.69) is 11.1 Å². The number of unbranched alkanes of at least 4 members (excludes halogenated alkanes) is 7. The molecule has 0 fully saturated rings. The first-order valence-electron chi connectivity index (χ1n) is 5.66. The summed E-state index contributed by atoms with van der Waals surface area (Å²) < 4.78 is 34.3. The molecule has 0 spiro atoms. The van der Waals surface area contributed by atoms with E-state index in [1.54, 1.807) is 0 Å². The minimum absolute atomic E-state index is 0. The first-order chi connectivity index (χ1) is 7.06. The molecular formula is C10H25NNaO4S. The Labute approximate surface area is 128 Å². The van der Waals surface area contributed by atoms with E-state index >= 15 is 0 Å². The van der Waals surface area contributed by atoms with Gasteiger partial charge in [0.05, 0.1) is 6.61 Å². The third-order valence-corrected chi connectivity index (χ3v) is 2.68. The van der Waals surface area contributed by atoms with Gasteiger partial charge in [0.25, 0.3) is 0 Å². The van der Waals surface area contributed by atoms with E-state index in [0.717, 1.165) is 12.8 Å². The number of hydrogen-bond donors (Lipinski definition) is 1. The third-order valence-electron chi connectivity index (χ3n) is 2.23. The van der Waals surface area contributed by atoms with Gasteiger partial charge in [-0.25, -0.2) is 8.42 Å². The molecule has 0 aliphatic heterocycles. The summed E-state index contributed by atoms with van der Waals surface area (Å²) in [5.74, 6) is 0. The first kappa shape index (κ1) is 23.0. The summed E-state index contributed by atoms with van der Waals surface area (Å²) in [4.78, 5) is 0. The summed E-state index contributed by atoms with van der Waals surface area (Å²) in [5, 5.41) is 0. The number of hydrogen-bond acceptors (Lipinski definition) is 4. The van der Waals surface area contributed by atoms with Crippen LogP contribution in [0, 0.1) is 0 Å². The van der Waals surface area contributed by atoms with Gasteiger partial charge in [-0.05, 0) is 6.42 Å². The molecule has 0 heterocycles. The van der Waals surface area contributed by atoms with E-state index < -0.39 is 10.4 Å². The van der Waals surface area contributed by atoms with Crippen molar-refractivity contribution in [2.24, 2.45) is 0 Å². The number of rotatable bonds is 10. The van der Waals surface area contributed by atoms with Crippen LogP contribution in [0.2, 0.25) is 0 Å². The van der Waals surface area contributed by atoms with E-state index in [9.17, 15) is 13.0 Å². The van der Waals surface area contributed by atoms with Gasteiger partial charge in [-0.2, -0.15) is 0 Å². The zero-order valence-corrected chi connectivity index (χ0v) is 14.2. The maximum absolute atomic E-state index is 10.1. The summed E-state index contributed by atoms with van der Waals surface area (Å²) >= 11 is 0. The maximum Gasteiger partial charge on any atom is 0.217 e. The summed E-state index contributed by atoms with van der Waals surface area (Å²) in [7, 11) is -4.48. The quantitative estimate of drug-likeness (QED) is 0.287. The van der Waals surface area contributed by atoms with Crippen LogP contribution in [-0.4, -0.2) is 49.1 Å². The molecule has 0 aliphatic rings. The fraction of sp³-hybridized carbons (Fsp3) is 1.00. The van der Waals surface area contributed by atoms with Gasteiger partial charge in [-0.3, -0.25) is 4.18 Å². The van der Waals surface area contributed by atoms with E-state index in [0.29, 0.717) is 6.42 Å². The Morgan fingerprint density at radius 3 is 1.76 bits per heavy atom. The van der Waals surface area contributed by atoms with Crippen LogP contribution in [0.15, 0.2) is 0 Å². The molecule has 0 amide bonds. The Bertz CT molecular complexity index is 234. The topological polar surface area (TPSA) is 103 Å². The van der Waals surface area contributed by atoms with E-state index in [-0.39, 0.29) is 42.3 Å². The van der Waals surface area contributed by atoms with Crippen LogP contribution < -0.4 is 6.15 Å². The van der Waals surface area contributed by atoms with Crippen molar-refractivity contribution in [3.05, 3.63) is 0 Å². The van der Waals surface area contributed by atoms with E-state index in [1.807, 2.05) is 0 Å². The van der Waals surface area contributed by atoms with Crippen molar-refractivity contribution >= 4 is 40.0 Å². The average Bonchev–Trinajstić information content (AvgIpc) is 2.14. The van der Waals surface area contributed by atoms with Crippen LogP contribution in [0.4, 0.5) is 0 Å². The van der Waals surface area contributed by atoms with Crippen LogP contribution in [0.5, 0.6) is 0 Å². The summed E-state index contributed by atoms with van der Waals surface area (Å²) in [5.41, 5.74) is 0. The molecule has 5 nitrogen and oxygen atoms in total. The van der Waals surface area contributed by atoms with Crippen molar-refractivity contribution in [1.82, 2.24) is 6.15 Å². The first-order valence-corrected chi connectivity index (χ1v) is 7.00.